The minimum atomic E-state index is -0.923. The number of hydrogen-bond donors (Lipinski definition) is 1. The smallest absolute Gasteiger partial charge is 0.253 e. The molecule has 0 aliphatic carbocycles. The standard InChI is InChI=1S/C39H39N5O13/c1-24(45)25-19-29(56-17-2-3-28(46)6-4-26(43-36(52)12-13-37(43)53)22-41-32(48)8-9-33(41)49)21-30(20-25)57-18-16-40-31(47)7-5-27(44-38(54)14-15-39(44)55)23-42-34(50)10-11-35(42)51/h8-15,19-21,26-27H,2-7,16-18,22-23H2,1H3,(H,40,47). The van der Waals surface area contributed by atoms with Crippen LogP contribution in [-0.2, 0) is 47.9 Å². The Morgan fingerprint density at radius 2 is 0.982 bits per heavy atom. The summed E-state index contributed by atoms with van der Waals surface area (Å²) in [6.07, 6.45) is 8.89. The molecule has 4 heterocycles. The molecule has 1 aromatic carbocycles. The van der Waals surface area contributed by atoms with Crippen molar-refractivity contribution in [3.8, 4) is 11.5 Å². The Hall–Kier alpha value is -6.85. The molecule has 18 heteroatoms. The van der Waals surface area contributed by atoms with Gasteiger partial charge in [-0.05, 0) is 38.3 Å². The topological polar surface area (TPSA) is 231 Å². The highest BCUT2D eigenvalue weighted by Crippen LogP contribution is 2.24. The number of imide groups is 4. The molecule has 0 radical (unpaired) electrons. The average Bonchev–Trinajstić information content (AvgIpc) is 3.90. The maximum atomic E-state index is 12.8. The van der Waals surface area contributed by atoms with Gasteiger partial charge in [0.1, 0.15) is 23.9 Å². The van der Waals surface area contributed by atoms with E-state index in [-0.39, 0.29) is 100 Å². The van der Waals surface area contributed by atoms with Crippen LogP contribution >= 0.6 is 0 Å². The van der Waals surface area contributed by atoms with Gasteiger partial charge in [-0.1, -0.05) is 0 Å². The van der Waals surface area contributed by atoms with Crippen LogP contribution in [0.4, 0.5) is 0 Å². The van der Waals surface area contributed by atoms with Crippen molar-refractivity contribution in [2.24, 2.45) is 0 Å². The number of hydrogen-bond acceptors (Lipinski definition) is 13. The summed E-state index contributed by atoms with van der Waals surface area (Å²) in [5.74, 6) is -5.09. The van der Waals surface area contributed by atoms with Gasteiger partial charge in [0, 0.05) is 79.5 Å². The predicted octanol–water partition coefficient (Wildman–Crippen LogP) is 0.110. The summed E-state index contributed by atoms with van der Waals surface area (Å²) in [4.78, 5) is 139. The first-order valence-electron chi connectivity index (χ1n) is 18.1. The largest absolute Gasteiger partial charge is 0.493 e. The highest BCUT2D eigenvalue weighted by atomic mass is 16.5. The van der Waals surface area contributed by atoms with Crippen LogP contribution in [0, 0.1) is 0 Å². The van der Waals surface area contributed by atoms with Crippen LogP contribution in [0.2, 0.25) is 0 Å². The number of ether oxygens (including phenoxy) is 2. The Balaban J connectivity index is 1.05. The Kier molecular flexibility index (Phi) is 13.5. The maximum absolute atomic E-state index is 12.8. The highest BCUT2D eigenvalue weighted by molar-refractivity contribution is 6.15. The lowest BCUT2D eigenvalue weighted by Gasteiger charge is -2.29. The SMILES string of the molecule is CC(=O)c1cc(OCCCC(=O)CCC(CN2C(=O)C=CC2=O)N2C(=O)C=CC2=O)cc(OCCNC(=O)CCC(CN2C(=O)C=CC2=O)N2C(=O)C=CC2=O)c1. The number of carbonyl (C=O) groups excluding carboxylic acids is 11. The quantitative estimate of drug-likeness (QED) is 0.0936. The lowest BCUT2D eigenvalue weighted by molar-refractivity contribution is -0.145. The van der Waals surface area contributed by atoms with E-state index >= 15 is 0 Å². The van der Waals surface area contributed by atoms with Gasteiger partial charge in [0.05, 0.1) is 38.3 Å². The van der Waals surface area contributed by atoms with Crippen molar-refractivity contribution in [2.75, 3.05) is 32.8 Å². The van der Waals surface area contributed by atoms with Crippen LogP contribution in [0.1, 0.15) is 55.8 Å². The van der Waals surface area contributed by atoms with Gasteiger partial charge in [-0.15, -0.1) is 0 Å². The van der Waals surface area contributed by atoms with Crippen molar-refractivity contribution >= 4 is 64.7 Å². The first kappa shape index (κ1) is 41.3. The maximum Gasteiger partial charge on any atom is 0.253 e. The molecule has 0 saturated carbocycles. The van der Waals surface area contributed by atoms with E-state index in [1.54, 1.807) is 0 Å². The Bertz CT molecular complexity index is 1830. The molecule has 0 bridgehead atoms. The Morgan fingerprint density at radius 3 is 1.44 bits per heavy atom. The number of nitrogens with one attached hydrogen (secondary N) is 1. The third kappa shape index (κ3) is 10.7. The van der Waals surface area contributed by atoms with Crippen molar-refractivity contribution in [2.45, 2.75) is 57.5 Å². The van der Waals surface area contributed by atoms with Crippen molar-refractivity contribution in [1.29, 1.82) is 0 Å². The predicted molar refractivity (Wildman–Crippen MR) is 194 cm³/mol. The minimum Gasteiger partial charge on any atom is -0.493 e. The summed E-state index contributed by atoms with van der Waals surface area (Å²) < 4.78 is 11.5. The molecule has 4 aliphatic rings. The van der Waals surface area contributed by atoms with E-state index in [0.717, 1.165) is 68.2 Å². The number of carbonyl (C=O) groups is 11. The lowest BCUT2D eigenvalue weighted by Crippen LogP contribution is -2.49. The third-order valence-corrected chi connectivity index (χ3v) is 9.31. The highest BCUT2D eigenvalue weighted by Gasteiger charge is 2.37. The fraction of sp³-hybridized carbons (Fsp3) is 0.359. The van der Waals surface area contributed by atoms with Gasteiger partial charge in [0.2, 0.25) is 5.91 Å². The second kappa shape index (κ2) is 18.7. The molecule has 298 valence electrons. The van der Waals surface area contributed by atoms with Crippen LogP contribution in [0.5, 0.6) is 11.5 Å². The van der Waals surface area contributed by atoms with Crippen LogP contribution in [-0.4, -0.2) is 129 Å². The molecule has 2 atom stereocenters. The molecule has 0 aromatic heterocycles. The zero-order valence-corrected chi connectivity index (χ0v) is 30.9. The van der Waals surface area contributed by atoms with Crippen LogP contribution < -0.4 is 14.8 Å². The average molecular weight is 786 g/mol. The number of rotatable bonds is 22. The van der Waals surface area contributed by atoms with Crippen molar-refractivity contribution in [1.82, 2.24) is 24.9 Å². The monoisotopic (exact) mass is 785 g/mol. The summed E-state index contributed by atoms with van der Waals surface area (Å²) in [5, 5.41) is 2.66. The third-order valence-electron chi connectivity index (χ3n) is 9.31. The molecule has 1 aromatic rings. The molecular formula is C39H39N5O13. The summed E-state index contributed by atoms with van der Waals surface area (Å²) >= 11 is 0. The van der Waals surface area contributed by atoms with E-state index in [0.29, 0.717) is 0 Å². The first-order valence-corrected chi connectivity index (χ1v) is 18.1. The summed E-state index contributed by atoms with van der Waals surface area (Å²) in [5.41, 5.74) is 0.288. The van der Waals surface area contributed by atoms with Crippen molar-refractivity contribution in [3.05, 3.63) is 72.4 Å². The van der Waals surface area contributed by atoms with E-state index < -0.39 is 65.2 Å². The van der Waals surface area contributed by atoms with E-state index in [4.69, 9.17) is 9.47 Å². The molecule has 0 spiro atoms. The van der Waals surface area contributed by atoms with E-state index in [2.05, 4.69) is 5.32 Å². The van der Waals surface area contributed by atoms with E-state index in [1.165, 1.54) is 25.1 Å². The van der Waals surface area contributed by atoms with Crippen LogP contribution in [0.15, 0.2) is 66.8 Å². The van der Waals surface area contributed by atoms with Gasteiger partial charge in [-0.2, -0.15) is 0 Å². The van der Waals surface area contributed by atoms with Crippen LogP contribution in [0.3, 0.4) is 0 Å². The fourth-order valence-electron chi connectivity index (χ4n) is 6.39. The van der Waals surface area contributed by atoms with Gasteiger partial charge in [0.15, 0.2) is 5.78 Å². The van der Waals surface area contributed by atoms with Gasteiger partial charge in [0.25, 0.3) is 47.3 Å². The van der Waals surface area contributed by atoms with Crippen molar-refractivity contribution in [3.63, 3.8) is 0 Å². The van der Waals surface area contributed by atoms with Gasteiger partial charge < -0.3 is 14.8 Å². The molecule has 57 heavy (non-hydrogen) atoms. The number of benzene rings is 1. The number of nitrogens with zero attached hydrogens (tertiary/aromatic N) is 4. The van der Waals surface area contributed by atoms with Gasteiger partial charge in [-0.25, -0.2) is 0 Å². The summed E-state index contributed by atoms with van der Waals surface area (Å²) in [6.45, 7) is 0.979. The molecule has 0 saturated heterocycles. The molecule has 1 N–H and O–H groups in total. The second-order valence-corrected chi connectivity index (χ2v) is 13.3. The molecule has 0 fully saturated rings. The minimum absolute atomic E-state index is 0.0117. The Morgan fingerprint density at radius 1 is 0.561 bits per heavy atom. The zero-order chi connectivity index (χ0) is 41.2. The van der Waals surface area contributed by atoms with E-state index in [9.17, 15) is 52.7 Å². The number of Topliss-reactive ketones (excluding diaryl/α,β-unsaturated/α-hetero) is 2. The van der Waals surface area contributed by atoms with Crippen LogP contribution in [0.25, 0.3) is 0 Å². The van der Waals surface area contributed by atoms with Gasteiger partial charge in [-0.3, -0.25) is 72.3 Å². The summed E-state index contributed by atoms with van der Waals surface area (Å²) in [7, 11) is 0. The number of amides is 9. The Labute approximate surface area is 325 Å². The van der Waals surface area contributed by atoms with Gasteiger partial charge >= 0.3 is 0 Å². The molecule has 4 aliphatic heterocycles. The first-order chi connectivity index (χ1) is 27.2. The lowest BCUT2D eigenvalue weighted by atomic mass is 10.0. The van der Waals surface area contributed by atoms with E-state index in [1.807, 2.05) is 0 Å². The number of ketones is 2. The molecule has 9 amide bonds. The van der Waals surface area contributed by atoms with Crippen molar-refractivity contribution < 1.29 is 62.2 Å². The molecule has 2 unspecified atom stereocenters. The molecule has 18 nitrogen and oxygen atoms in total. The summed E-state index contributed by atoms with van der Waals surface area (Å²) in [6, 6.07) is 2.74. The normalized spacial score (nSPS) is 17.2. The molecule has 5 rings (SSSR count). The molecular weight excluding hydrogens is 746 g/mol. The zero-order valence-electron chi connectivity index (χ0n) is 30.9. The second-order valence-electron chi connectivity index (χ2n) is 13.3. The fourth-order valence-corrected chi connectivity index (χ4v) is 6.39.